The van der Waals surface area contributed by atoms with Crippen LogP contribution in [0.25, 0.3) is 11.4 Å². The van der Waals surface area contributed by atoms with Crippen molar-refractivity contribution in [1.29, 1.82) is 0 Å². The quantitative estimate of drug-likeness (QED) is 0.504. The Morgan fingerprint density at radius 1 is 1.15 bits per heavy atom. The summed E-state index contributed by atoms with van der Waals surface area (Å²) in [5.41, 5.74) is 2.25. The van der Waals surface area contributed by atoms with Gasteiger partial charge in [0.2, 0.25) is 5.16 Å². The number of aromatic nitrogens is 3. The van der Waals surface area contributed by atoms with Gasteiger partial charge in [0.15, 0.2) is 23.2 Å². The van der Waals surface area contributed by atoms with Crippen molar-refractivity contribution in [1.82, 2.24) is 15.2 Å². The average Bonchev–Trinajstić information content (AvgIpc) is 3.12. The number of ketones is 1. The highest BCUT2D eigenvalue weighted by Crippen LogP contribution is 2.25. The number of nitrogens with zero attached hydrogens (tertiary/aromatic N) is 2. The van der Waals surface area contributed by atoms with Crippen LogP contribution < -0.4 is 0 Å². The Labute approximate surface area is 154 Å². The van der Waals surface area contributed by atoms with Crippen molar-refractivity contribution in [2.24, 2.45) is 0 Å². The minimum atomic E-state index is -1.04. The number of benzene rings is 2. The number of H-pyrrole nitrogens is 1. The number of Topliss-reactive ketones (excluding diaryl/α,β-unsaturated/α-hetero) is 1. The van der Waals surface area contributed by atoms with Gasteiger partial charge in [-0.05, 0) is 37.1 Å². The molecule has 7 heteroatoms. The summed E-state index contributed by atoms with van der Waals surface area (Å²) in [5, 5.41) is 6.86. The number of aryl methyl sites for hydroxylation is 1. The number of halogens is 2. The minimum Gasteiger partial charge on any atom is -0.293 e. The van der Waals surface area contributed by atoms with Crippen molar-refractivity contribution < 1.29 is 13.6 Å². The van der Waals surface area contributed by atoms with E-state index >= 15 is 0 Å². The smallest absolute Gasteiger partial charge is 0.209 e. The van der Waals surface area contributed by atoms with Crippen LogP contribution in [0.2, 0.25) is 0 Å². The zero-order chi connectivity index (χ0) is 18.7. The van der Waals surface area contributed by atoms with Gasteiger partial charge in [-0.1, -0.05) is 43.0 Å². The first-order valence-corrected chi connectivity index (χ1v) is 9.03. The molecule has 3 rings (SSSR count). The number of thioether (sulfide) groups is 1. The monoisotopic (exact) mass is 373 g/mol. The molecule has 2 aromatic carbocycles. The molecular formula is C19H17F2N3OS. The van der Waals surface area contributed by atoms with Gasteiger partial charge in [0.25, 0.3) is 0 Å². The van der Waals surface area contributed by atoms with Crippen molar-refractivity contribution in [3.63, 3.8) is 0 Å². The molecule has 0 amide bonds. The predicted molar refractivity (Wildman–Crippen MR) is 97.2 cm³/mol. The maximum atomic E-state index is 13.3. The fourth-order valence-corrected chi connectivity index (χ4v) is 3.22. The fourth-order valence-electron chi connectivity index (χ4n) is 2.42. The van der Waals surface area contributed by atoms with E-state index in [0.717, 1.165) is 35.9 Å². The van der Waals surface area contributed by atoms with E-state index in [1.54, 1.807) is 6.92 Å². The van der Waals surface area contributed by atoms with Gasteiger partial charge in [0, 0.05) is 11.1 Å². The van der Waals surface area contributed by atoms with E-state index in [4.69, 9.17) is 0 Å². The molecule has 3 aromatic rings. The van der Waals surface area contributed by atoms with Gasteiger partial charge in [-0.15, -0.1) is 5.10 Å². The number of hydrogen-bond donors (Lipinski definition) is 1. The maximum absolute atomic E-state index is 13.3. The summed E-state index contributed by atoms with van der Waals surface area (Å²) in [5.74, 6) is -1.71. The lowest BCUT2D eigenvalue weighted by Crippen LogP contribution is -2.14. The molecule has 0 spiro atoms. The summed E-state index contributed by atoms with van der Waals surface area (Å²) < 4.78 is 26.3. The van der Waals surface area contributed by atoms with Crippen molar-refractivity contribution in [2.75, 3.05) is 0 Å². The number of hydrogen-bond acceptors (Lipinski definition) is 4. The Morgan fingerprint density at radius 2 is 1.88 bits per heavy atom. The third-order valence-corrected chi connectivity index (χ3v) is 4.92. The van der Waals surface area contributed by atoms with Crippen LogP contribution in [0.15, 0.2) is 47.6 Å². The lowest BCUT2D eigenvalue weighted by atomic mass is 10.1. The summed E-state index contributed by atoms with van der Waals surface area (Å²) >= 11 is 1.16. The molecule has 134 valence electrons. The van der Waals surface area contributed by atoms with Gasteiger partial charge in [0.05, 0.1) is 5.25 Å². The number of carbonyl (C=O) groups is 1. The summed E-state index contributed by atoms with van der Waals surface area (Å²) in [6.07, 6.45) is 0.960. The third-order valence-electron chi connectivity index (χ3n) is 3.96. The molecule has 26 heavy (non-hydrogen) atoms. The fraction of sp³-hybridized carbons (Fsp3) is 0.211. The number of aromatic amines is 1. The van der Waals surface area contributed by atoms with Crippen molar-refractivity contribution in [3.8, 4) is 11.4 Å². The molecule has 0 saturated heterocycles. The van der Waals surface area contributed by atoms with Crippen LogP contribution in [-0.2, 0) is 6.42 Å². The topological polar surface area (TPSA) is 58.6 Å². The van der Waals surface area contributed by atoms with Crippen LogP contribution in [0.5, 0.6) is 0 Å². The first kappa shape index (κ1) is 18.3. The van der Waals surface area contributed by atoms with Gasteiger partial charge in [0.1, 0.15) is 0 Å². The third kappa shape index (κ3) is 3.99. The van der Waals surface area contributed by atoms with E-state index in [0.29, 0.717) is 11.0 Å². The summed E-state index contributed by atoms with van der Waals surface area (Å²) in [4.78, 5) is 16.8. The molecule has 0 unspecified atom stereocenters. The van der Waals surface area contributed by atoms with E-state index in [2.05, 4.69) is 22.1 Å². The normalized spacial score (nSPS) is 12.2. The van der Waals surface area contributed by atoms with Gasteiger partial charge in [-0.3, -0.25) is 9.89 Å². The van der Waals surface area contributed by atoms with Crippen LogP contribution in [0.3, 0.4) is 0 Å². The van der Waals surface area contributed by atoms with Gasteiger partial charge >= 0.3 is 0 Å². The number of rotatable bonds is 6. The molecule has 0 aliphatic rings. The zero-order valence-electron chi connectivity index (χ0n) is 14.3. The summed E-state index contributed by atoms with van der Waals surface area (Å²) in [7, 11) is 0. The summed E-state index contributed by atoms with van der Waals surface area (Å²) in [6, 6.07) is 11.1. The molecule has 1 heterocycles. The minimum absolute atomic E-state index is 0.120. The van der Waals surface area contributed by atoms with Crippen LogP contribution in [0.1, 0.15) is 29.8 Å². The van der Waals surface area contributed by atoms with Crippen molar-refractivity contribution >= 4 is 17.5 Å². The second-order valence-electron chi connectivity index (χ2n) is 5.77. The molecular weight excluding hydrogens is 356 g/mol. The van der Waals surface area contributed by atoms with Crippen molar-refractivity contribution in [3.05, 3.63) is 65.2 Å². The Hall–Kier alpha value is -2.54. The Balaban J connectivity index is 1.71. The van der Waals surface area contributed by atoms with Gasteiger partial charge in [-0.2, -0.15) is 0 Å². The Kier molecular flexibility index (Phi) is 5.46. The molecule has 0 bridgehead atoms. The highest BCUT2D eigenvalue weighted by Gasteiger charge is 2.20. The standard InChI is InChI=1S/C19H17F2N3OS/c1-3-12-4-6-13(7-5-12)18-22-19(24-23-18)26-11(2)17(25)14-8-9-15(20)16(21)10-14/h4-11H,3H2,1-2H3,(H,22,23,24)/t11-/m1/s1. The summed E-state index contributed by atoms with van der Waals surface area (Å²) in [6.45, 7) is 3.77. The molecule has 4 nitrogen and oxygen atoms in total. The van der Waals surface area contributed by atoms with Crippen LogP contribution in [-0.4, -0.2) is 26.2 Å². The zero-order valence-corrected chi connectivity index (χ0v) is 15.1. The Morgan fingerprint density at radius 3 is 2.54 bits per heavy atom. The molecule has 1 atom stereocenters. The van der Waals surface area contributed by atoms with Crippen LogP contribution >= 0.6 is 11.8 Å². The van der Waals surface area contributed by atoms with Crippen LogP contribution in [0.4, 0.5) is 8.78 Å². The molecule has 0 radical (unpaired) electrons. The molecule has 0 aliphatic carbocycles. The molecule has 0 fully saturated rings. The maximum Gasteiger partial charge on any atom is 0.209 e. The molecule has 0 aliphatic heterocycles. The van der Waals surface area contributed by atoms with E-state index in [1.165, 1.54) is 11.6 Å². The van der Waals surface area contributed by atoms with E-state index in [9.17, 15) is 13.6 Å². The SMILES string of the molecule is CCc1ccc(-c2nc(S[C@H](C)C(=O)c3ccc(F)c(F)c3)n[nH]2)cc1. The highest BCUT2D eigenvalue weighted by molar-refractivity contribution is 8.00. The second kappa shape index (κ2) is 7.78. The highest BCUT2D eigenvalue weighted by atomic mass is 32.2. The van der Waals surface area contributed by atoms with E-state index < -0.39 is 16.9 Å². The number of carbonyl (C=O) groups excluding carboxylic acids is 1. The average molecular weight is 373 g/mol. The number of nitrogens with one attached hydrogen (secondary N) is 1. The largest absolute Gasteiger partial charge is 0.293 e. The second-order valence-corrected chi connectivity index (χ2v) is 7.08. The lowest BCUT2D eigenvalue weighted by Gasteiger charge is -2.08. The van der Waals surface area contributed by atoms with Crippen molar-refractivity contribution in [2.45, 2.75) is 30.7 Å². The van der Waals surface area contributed by atoms with Crippen LogP contribution in [0, 0.1) is 11.6 Å². The van der Waals surface area contributed by atoms with E-state index in [-0.39, 0.29) is 11.3 Å². The van der Waals surface area contributed by atoms with Gasteiger partial charge < -0.3 is 0 Å². The lowest BCUT2D eigenvalue weighted by molar-refractivity contribution is 0.0993. The van der Waals surface area contributed by atoms with E-state index in [1.807, 2.05) is 24.3 Å². The first-order chi connectivity index (χ1) is 12.5. The molecule has 0 saturated carbocycles. The first-order valence-electron chi connectivity index (χ1n) is 8.15. The Bertz CT molecular complexity index is 925. The molecule has 1 N–H and O–H groups in total. The predicted octanol–water partition coefficient (Wildman–Crippen LogP) is 4.68. The van der Waals surface area contributed by atoms with Gasteiger partial charge in [-0.25, -0.2) is 13.8 Å². The molecule has 1 aromatic heterocycles.